The number of aliphatic imine (C=N–C) groups is 1. The molecule has 0 N–H and O–H groups in total. The molecular formula is C16H15N3OS2. The van der Waals surface area contributed by atoms with E-state index in [1.54, 1.807) is 11.9 Å². The van der Waals surface area contributed by atoms with Crippen LogP contribution in [0.25, 0.3) is 6.08 Å². The first-order valence-electron chi connectivity index (χ1n) is 6.78. The first-order valence-corrected chi connectivity index (χ1v) is 8.48. The Kier molecular flexibility index (Phi) is 4.13. The minimum atomic E-state index is -0.0275. The molecule has 0 bridgehead atoms. The fourth-order valence-corrected chi connectivity index (χ4v) is 3.70. The number of hydrogen-bond donors (Lipinski definition) is 0. The van der Waals surface area contributed by atoms with Crippen LogP contribution in [0.5, 0.6) is 0 Å². The molecule has 22 heavy (non-hydrogen) atoms. The lowest BCUT2D eigenvalue weighted by atomic mass is 10.1. The lowest BCUT2D eigenvalue weighted by molar-refractivity contribution is -0.121. The number of nitrogens with zero attached hydrogens (tertiary/aromatic N) is 3. The van der Waals surface area contributed by atoms with Crippen LogP contribution in [-0.2, 0) is 4.79 Å². The number of carbonyl (C=O) groups excluding carboxylic acids is 1. The van der Waals surface area contributed by atoms with Gasteiger partial charge in [0.15, 0.2) is 5.17 Å². The monoisotopic (exact) mass is 329 g/mol. The number of benzene rings is 1. The van der Waals surface area contributed by atoms with Gasteiger partial charge in [-0.2, -0.15) is 4.99 Å². The highest BCUT2D eigenvalue weighted by Gasteiger charge is 2.30. The highest BCUT2D eigenvalue weighted by molar-refractivity contribution is 8.18. The SMILES string of the molecule is Cc1csc(/N=C2/S/C(=C\c3ccccc3C)C(=O)N2C)n1. The van der Waals surface area contributed by atoms with Gasteiger partial charge in [-0.15, -0.1) is 11.3 Å². The van der Waals surface area contributed by atoms with Gasteiger partial charge in [0.05, 0.1) is 10.6 Å². The van der Waals surface area contributed by atoms with E-state index in [1.165, 1.54) is 23.1 Å². The molecule has 0 radical (unpaired) electrons. The molecular weight excluding hydrogens is 314 g/mol. The van der Waals surface area contributed by atoms with E-state index in [9.17, 15) is 4.79 Å². The van der Waals surface area contributed by atoms with Gasteiger partial charge in [-0.1, -0.05) is 24.3 Å². The van der Waals surface area contributed by atoms with E-state index in [1.807, 2.05) is 49.6 Å². The maximum Gasteiger partial charge on any atom is 0.266 e. The number of hydrogen-bond acceptors (Lipinski definition) is 5. The van der Waals surface area contributed by atoms with E-state index in [-0.39, 0.29) is 5.91 Å². The van der Waals surface area contributed by atoms with Crippen molar-refractivity contribution in [1.29, 1.82) is 0 Å². The molecule has 1 aromatic heterocycles. The van der Waals surface area contributed by atoms with E-state index >= 15 is 0 Å². The molecule has 2 heterocycles. The Bertz CT molecular complexity index is 792. The smallest absolute Gasteiger partial charge is 0.266 e. The molecule has 4 nitrogen and oxygen atoms in total. The third kappa shape index (κ3) is 2.98. The Morgan fingerprint density at radius 3 is 2.73 bits per heavy atom. The van der Waals surface area contributed by atoms with Crippen molar-refractivity contribution in [3.8, 4) is 0 Å². The van der Waals surface area contributed by atoms with Crippen LogP contribution in [0.3, 0.4) is 0 Å². The molecule has 1 saturated heterocycles. The molecule has 0 saturated carbocycles. The maximum absolute atomic E-state index is 12.4. The molecule has 112 valence electrons. The van der Waals surface area contributed by atoms with Gasteiger partial charge >= 0.3 is 0 Å². The Balaban J connectivity index is 1.92. The number of carbonyl (C=O) groups is 1. The third-order valence-electron chi connectivity index (χ3n) is 3.28. The highest BCUT2D eigenvalue weighted by Crippen LogP contribution is 2.34. The summed E-state index contributed by atoms with van der Waals surface area (Å²) in [6.07, 6.45) is 1.93. The normalized spacial score (nSPS) is 18.7. The Labute approximate surface area is 137 Å². The average molecular weight is 329 g/mol. The van der Waals surface area contributed by atoms with Gasteiger partial charge in [-0.05, 0) is 42.8 Å². The fraction of sp³-hybridized carbons (Fsp3) is 0.188. The van der Waals surface area contributed by atoms with Crippen molar-refractivity contribution in [3.05, 3.63) is 51.4 Å². The van der Waals surface area contributed by atoms with Crippen molar-refractivity contribution in [2.24, 2.45) is 4.99 Å². The van der Waals surface area contributed by atoms with Crippen LogP contribution in [-0.4, -0.2) is 28.0 Å². The zero-order valence-electron chi connectivity index (χ0n) is 12.5. The number of amidine groups is 1. The zero-order chi connectivity index (χ0) is 15.7. The predicted molar refractivity (Wildman–Crippen MR) is 93.5 cm³/mol. The zero-order valence-corrected chi connectivity index (χ0v) is 14.2. The maximum atomic E-state index is 12.4. The molecule has 1 amide bonds. The quantitative estimate of drug-likeness (QED) is 0.783. The second-order valence-corrected chi connectivity index (χ2v) is 6.84. The van der Waals surface area contributed by atoms with Crippen molar-refractivity contribution in [2.75, 3.05) is 7.05 Å². The van der Waals surface area contributed by atoms with E-state index in [4.69, 9.17) is 0 Å². The lowest BCUT2D eigenvalue weighted by Crippen LogP contribution is -2.23. The number of thiazole rings is 1. The minimum absolute atomic E-state index is 0.0275. The summed E-state index contributed by atoms with van der Waals surface area (Å²) in [7, 11) is 1.74. The molecule has 2 aromatic rings. The molecule has 0 spiro atoms. The van der Waals surface area contributed by atoms with Gasteiger partial charge in [0.25, 0.3) is 5.91 Å². The van der Waals surface area contributed by atoms with Crippen molar-refractivity contribution in [2.45, 2.75) is 13.8 Å². The molecule has 0 unspecified atom stereocenters. The molecule has 3 rings (SSSR count). The van der Waals surface area contributed by atoms with Crippen molar-refractivity contribution in [1.82, 2.24) is 9.88 Å². The van der Waals surface area contributed by atoms with Crippen LogP contribution < -0.4 is 0 Å². The highest BCUT2D eigenvalue weighted by atomic mass is 32.2. The second-order valence-electron chi connectivity index (χ2n) is 5.00. The predicted octanol–water partition coefficient (Wildman–Crippen LogP) is 3.99. The number of thioether (sulfide) groups is 1. The van der Waals surface area contributed by atoms with E-state index in [0.29, 0.717) is 15.2 Å². The summed E-state index contributed by atoms with van der Waals surface area (Å²) in [4.78, 5) is 23.4. The standard InChI is InChI=1S/C16H15N3OS2/c1-10-6-4-5-7-12(10)8-13-14(20)19(3)16(22-13)18-15-17-11(2)9-21-15/h4-9H,1-3H3/b13-8-,18-16+. The van der Waals surface area contributed by atoms with Gasteiger partial charge in [0.2, 0.25) is 5.13 Å². The van der Waals surface area contributed by atoms with E-state index in [0.717, 1.165) is 16.8 Å². The summed E-state index contributed by atoms with van der Waals surface area (Å²) in [5.74, 6) is -0.0275. The average Bonchev–Trinajstić information content (AvgIpc) is 3.01. The summed E-state index contributed by atoms with van der Waals surface area (Å²) < 4.78 is 0. The summed E-state index contributed by atoms with van der Waals surface area (Å²) in [6.45, 7) is 3.97. The number of amides is 1. The number of aryl methyl sites for hydroxylation is 2. The van der Waals surface area contributed by atoms with Crippen LogP contribution in [0.4, 0.5) is 5.13 Å². The molecule has 0 atom stereocenters. The van der Waals surface area contributed by atoms with Gasteiger partial charge in [0, 0.05) is 12.4 Å². The molecule has 1 aliphatic heterocycles. The lowest BCUT2D eigenvalue weighted by Gasteiger charge is -2.05. The molecule has 1 fully saturated rings. The van der Waals surface area contributed by atoms with Gasteiger partial charge in [-0.25, -0.2) is 4.98 Å². The van der Waals surface area contributed by atoms with Crippen molar-refractivity contribution in [3.63, 3.8) is 0 Å². The fourth-order valence-electron chi connectivity index (χ4n) is 2.02. The number of likely N-dealkylation sites (N-methyl/N-ethyl adjacent to an activating group) is 1. The first kappa shape index (κ1) is 15.0. The van der Waals surface area contributed by atoms with Crippen LogP contribution in [0.2, 0.25) is 0 Å². The summed E-state index contributed by atoms with van der Waals surface area (Å²) in [5.41, 5.74) is 3.14. The topological polar surface area (TPSA) is 45.6 Å². The van der Waals surface area contributed by atoms with Crippen LogP contribution in [0, 0.1) is 13.8 Å². The third-order valence-corrected chi connectivity index (χ3v) is 5.19. The summed E-state index contributed by atoms with van der Waals surface area (Å²) in [5, 5.41) is 3.29. The number of aromatic nitrogens is 1. The molecule has 0 aliphatic carbocycles. The van der Waals surface area contributed by atoms with Gasteiger partial charge < -0.3 is 0 Å². The first-order chi connectivity index (χ1) is 10.5. The van der Waals surface area contributed by atoms with Crippen molar-refractivity contribution < 1.29 is 4.79 Å². The summed E-state index contributed by atoms with van der Waals surface area (Å²) in [6, 6.07) is 8.01. The Morgan fingerprint density at radius 1 is 1.27 bits per heavy atom. The van der Waals surface area contributed by atoms with Crippen LogP contribution >= 0.6 is 23.1 Å². The van der Waals surface area contributed by atoms with E-state index < -0.39 is 0 Å². The largest absolute Gasteiger partial charge is 0.289 e. The van der Waals surface area contributed by atoms with Crippen LogP contribution in [0.15, 0.2) is 39.5 Å². The molecule has 6 heteroatoms. The Hall–Kier alpha value is -1.92. The summed E-state index contributed by atoms with van der Waals surface area (Å²) >= 11 is 2.87. The minimum Gasteiger partial charge on any atom is -0.289 e. The van der Waals surface area contributed by atoms with Gasteiger partial charge in [-0.3, -0.25) is 9.69 Å². The second kappa shape index (κ2) is 6.06. The van der Waals surface area contributed by atoms with E-state index in [2.05, 4.69) is 9.98 Å². The van der Waals surface area contributed by atoms with Gasteiger partial charge in [0.1, 0.15) is 0 Å². The molecule has 1 aliphatic rings. The van der Waals surface area contributed by atoms with Crippen LogP contribution in [0.1, 0.15) is 16.8 Å². The Morgan fingerprint density at radius 2 is 2.05 bits per heavy atom. The number of rotatable bonds is 2. The molecule has 1 aromatic carbocycles. The van der Waals surface area contributed by atoms with Crippen molar-refractivity contribution >= 4 is 45.4 Å².